The fourth-order valence-corrected chi connectivity index (χ4v) is 2.50. The Kier molecular flexibility index (Phi) is 4.65. The van der Waals surface area contributed by atoms with Crippen LogP contribution in [0.3, 0.4) is 0 Å². The van der Waals surface area contributed by atoms with E-state index in [9.17, 15) is 9.59 Å². The van der Waals surface area contributed by atoms with Crippen LogP contribution in [-0.4, -0.2) is 30.1 Å². The summed E-state index contributed by atoms with van der Waals surface area (Å²) in [6.07, 6.45) is 1.81. The number of benzene rings is 1. The van der Waals surface area contributed by atoms with Crippen molar-refractivity contribution >= 4 is 27.8 Å². The SMILES string of the molecule is COc1ccc(Br)cc1CC(=O)NC(C(=O)O)C1CC1. The van der Waals surface area contributed by atoms with Crippen LogP contribution in [0.2, 0.25) is 0 Å². The van der Waals surface area contributed by atoms with Crippen molar-refractivity contribution in [1.29, 1.82) is 0 Å². The summed E-state index contributed by atoms with van der Waals surface area (Å²) >= 11 is 3.34. The van der Waals surface area contributed by atoms with Crippen LogP contribution in [-0.2, 0) is 16.0 Å². The summed E-state index contributed by atoms with van der Waals surface area (Å²) in [5.41, 5.74) is 0.722. The van der Waals surface area contributed by atoms with Crippen LogP contribution >= 0.6 is 15.9 Å². The normalized spacial score (nSPS) is 15.5. The first kappa shape index (κ1) is 14.8. The first-order valence-electron chi connectivity index (χ1n) is 6.36. The maximum Gasteiger partial charge on any atom is 0.326 e. The van der Waals surface area contributed by atoms with Gasteiger partial charge in [0.25, 0.3) is 0 Å². The maximum atomic E-state index is 12.0. The highest BCUT2D eigenvalue weighted by Crippen LogP contribution is 2.33. The zero-order valence-electron chi connectivity index (χ0n) is 11.1. The number of amides is 1. The molecule has 2 N–H and O–H groups in total. The van der Waals surface area contributed by atoms with Gasteiger partial charge in [-0.1, -0.05) is 15.9 Å². The molecule has 0 saturated heterocycles. The zero-order chi connectivity index (χ0) is 14.7. The maximum absolute atomic E-state index is 12.0. The van der Waals surface area contributed by atoms with Gasteiger partial charge in [-0.15, -0.1) is 0 Å². The average Bonchev–Trinajstić information content (AvgIpc) is 3.20. The molecule has 0 bridgehead atoms. The van der Waals surface area contributed by atoms with Gasteiger partial charge in [-0.3, -0.25) is 4.79 Å². The number of carbonyl (C=O) groups is 2. The quantitative estimate of drug-likeness (QED) is 0.829. The Morgan fingerprint density at radius 2 is 2.20 bits per heavy atom. The van der Waals surface area contributed by atoms with Gasteiger partial charge < -0.3 is 15.2 Å². The number of aliphatic carboxylic acids is 1. The number of nitrogens with one attached hydrogen (secondary N) is 1. The second-order valence-corrected chi connectivity index (χ2v) is 5.77. The van der Waals surface area contributed by atoms with Crippen molar-refractivity contribution in [2.24, 2.45) is 5.92 Å². The monoisotopic (exact) mass is 341 g/mol. The van der Waals surface area contributed by atoms with E-state index >= 15 is 0 Å². The average molecular weight is 342 g/mol. The van der Waals surface area contributed by atoms with E-state index in [2.05, 4.69) is 21.2 Å². The molecule has 6 heteroatoms. The number of halogens is 1. The molecule has 1 amide bonds. The number of hydrogen-bond acceptors (Lipinski definition) is 3. The van der Waals surface area contributed by atoms with Gasteiger partial charge >= 0.3 is 5.97 Å². The van der Waals surface area contributed by atoms with Gasteiger partial charge in [-0.05, 0) is 37.0 Å². The van der Waals surface area contributed by atoms with Gasteiger partial charge in [-0.2, -0.15) is 0 Å². The molecule has 1 aromatic rings. The van der Waals surface area contributed by atoms with Crippen molar-refractivity contribution in [1.82, 2.24) is 5.32 Å². The second-order valence-electron chi connectivity index (χ2n) is 4.85. The topological polar surface area (TPSA) is 75.6 Å². The fourth-order valence-electron chi connectivity index (χ4n) is 2.09. The number of carbonyl (C=O) groups excluding carboxylic acids is 1. The largest absolute Gasteiger partial charge is 0.496 e. The van der Waals surface area contributed by atoms with Crippen LogP contribution in [0.4, 0.5) is 0 Å². The minimum atomic E-state index is -0.970. The van der Waals surface area contributed by atoms with Crippen LogP contribution in [0.1, 0.15) is 18.4 Å². The molecule has 0 spiro atoms. The van der Waals surface area contributed by atoms with Crippen molar-refractivity contribution in [2.45, 2.75) is 25.3 Å². The van der Waals surface area contributed by atoms with Crippen LogP contribution in [0.25, 0.3) is 0 Å². The smallest absolute Gasteiger partial charge is 0.326 e. The molecule has 0 radical (unpaired) electrons. The minimum Gasteiger partial charge on any atom is -0.496 e. The Balaban J connectivity index is 2.03. The Morgan fingerprint density at radius 3 is 2.75 bits per heavy atom. The highest BCUT2D eigenvalue weighted by molar-refractivity contribution is 9.10. The summed E-state index contributed by atoms with van der Waals surface area (Å²) in [5, 5.41) is 11.7. The number of hydrogen-bond donors (Lipinski definition) is 2. The lowest BCUT2D eigenvalue weighted by Crippen LogP contribution is -2.43. The molecular weight excluding hydrogens is 326 g/mol. The summed E-state index contributed by atoms with van der Waals surface area (Å²) in [5.74, 6) is -0.592. The lowest BCUT2D eigenvalue weighted by atomic mass is 10.1. The predicted molar refractivity (Wildman–Crippen MR) is 76.7 cm³/mol. The Hall–Kier alpha value is -1.56. The first-order valence-corrected chi connectivity index (χ1v) is 7.15. The van der Waals surface area contributed by atoms with Gasteiger partial charge in [-0.25, -0.2) is 4.79 Å². The van der Waals surface area contributed by atoms with Gasteiger partial charge in [0.15, 0.2) is 0 Å². The lowest BCUT2D eigenvalue weighted by Gasteiger charge is -2.14. The van der Waals surface area contributed by atoms with Crippen molar-refractivity contribution in [3.63, 3.8) is 0 Å². The van der Waals surface area contributed by atoms with E-state index in [0.29, 0.717) is 5.75 Å². The molecule has 1 aliphatic carbocycles. The van der Waals surface area contributed by atoms with Gasteiger partial charge in [0.1, 0.15) is 11.8 Å². The van der Waals surface area contributed by atoms with Crippen molar-refractivity contribution in [3.05, 3.63) is 28.2 Å². The Bertz CT molecular complexity index is 528. The molecule has 1 aromatic carbocycles. The number of carboxylic acid groups (broad SMARTS) is 1. The summed E-state index contributed by atoms with van der Waals surface area (Å²) < 4.78 is 6.04. The van der Waals surface area contributed by atoms with Crippen molar-refractivity contribution < 1.29 is 19.4 Å². The molecule has 0 aromatic heterocycles. The van der Waals surface area contributed by atoms with Crippen LogP contribution in [0.15, 0.2) is 22.7 Å². The summed E-state index contributed by atoms with van der Waals surface area (Å²) in [6.45, 7) is 0. The predicted octanol–water partition coefficient (Wildman–Crippen LogP) is 1.98. The molecule has 1 saturated carbocycles. The van der Waals surface area contributed by atoms with E-state index in [4.69, 9.17) is 9.84 Å². The number of rotatable bonds is 6. The zero-order valence-corrected chi connectivity index (χ0v) is 12.6. The summed E-state index contributed by atoms with van der Waals surface area (Å²) in [4.78, 5) is 23.1. The van der Waals surface area contributed by atoms with E-state index in [1.807, 2.05) is 6.07 Å². The third kappa shape index (κ3) is 3.72. The fraction of sp³-hybridized carbons (Fsp3) is 0.429. The van der Waals surface area contributed by atoms with Crippen LogP contribution in [0, 0.1) is 5.92 Å². The molecule has 1 atom stereocenters. The van der Waals surface area contributed by atoms with Crippen molar-refractivity contribution in [2.75, 3.05) is 7.11 Å². The van der Waals surface area contributed by atoms with E-state index < -0.39 is 12.0 Å². The number of carboxylic acids is 1. The highest BCUT2D eigenvalue weighted by Gasteiger charge is 2.37. The molecule has 20 heavy (non-hydrogen) atoms. The number of methoxy groups -OCH3 is 1. The van der Waals surface area contributed by atoms with Crippen LogP contribution < -0.4 is 10.1 Å². The van der Waals surface area contributed by atoms with E-state index in [-0.39, 0.29) is 18.2 Å². The van der Waals surface area contributed by atoms with Crippen LogP contribution in [0.5, 0.6) is 5.75 Å². The third-order valence-electron chi connectivity index (χ3n) is 3.27. The third-order valence-corrected chi connectivity index (χ3v) is 3.76. The highest BCUT2D eigenvalue weighted by atomic mass is 79.9. The van der Waals surface area contributed by atoms with E-state index in [0.717, 1.165) is 22.9 Å². The Morgan fingerprint density at radius 1 is 1.50 bits per heavy atom. The molecule has 0 aliphatic heterocycles. The molecular formula is C14H16BrNO4. The van der Waals surface area contributed by atoms with Gasteiger partial charge in [0.05, 0.1) is 13.5 Å². The van der Waals surface area contributed by atoms with Gasteiger partial charge in [0.2, 0.25) is 5.91 Å². The molecule has 108 valence electrons. The van der Waals surface area contributed by atoms with E-state index in [1.165, 1.54) is 7.11 Å². The van der Waals surface area contributed by atoms with Crippen molar-refractivity contribution in [3.8, 4) is 5.75 Å². The molecule has 1 fully saturated rings. The molecule has 2 rings (SSSR count). The first-order chi connectivity index (χ1) is 9.51. The minimum absolute atomic E-state index is 0.0702. The van der Waals surface area contributed by atoms with Gasteiger partial charge in [0, 0.05) is 10.0 Å². The molecule has 1 aliphatic rings. The number of ether oxygens (including phenoxy) is 1. The second kappa shape index (κ2) is 6.26. The summed E-state index contributed by atoms with van der Waals surface area (Å²) in [7, 11) is 1.54. The molecule has 1 unspecified atom stereocenters. The standard InChI is InChI=1S/C14H16BrNO4/c1-20-11-5-4-10(15)6-9(11)7-12(17)16-13(14(18)19)8-2-3-8/h4-6,8,13H,2-3,7H2,1H3,(H,16,17)(H,18,19). The molecule has 5 nitrogen and oxygen atoms in total. The summed E-state index contributed by atoms with van der Waals surface area (Å²) in [6, 6.07) is 4.61. The Labute approximate surface area is 125 Å². The lowest BCUT2D eigenvalue weighted by molar-refractivity contribution is -0.142. The molecule has 0 heterocycles. The van der Waals surface area contributed by atoms with E-state index in [1.54, 1.807) is 12.1 Å².